The highest BCUT2D eigenvalue weighted by Gasteiger charge is 2.29. The molecule has 0 aliphatic rings. The van der Waals surface area contributed by atoms with Crippen LogP contribution in [0.25, 0.3) is 0 Å². The first-order valence-corrected chi connectivity index (χ1v) is 4.99. The van der Waals surface area contributed by atoms with Crippen molar-refractivity contribution >= 4 is 27.6 Å². The number of urea groups is 1. The van der Waals surface area contributed by atoms with Gasteiger partial charge in [-0.2, -0.15) is 13.2 Å². The standard InChI is InChI=1S/C8H7BrF3N3O2/c9-4-1-5(15-7(13)16)6(14-2-4)17-3-8(10,11)12/h1-2H,3H2,(H3,13,15,16). The Balaban J connectivity index is 2.86. The van der Waals surface area contributed by atoms with Gasteiger partial charge in [0, 0.05) is 10.7 Å². The van der Waals surface area contributed by atoms with Crippen LogP contribution in [0.5, 0.6) is 5.88 Å². The predicted octanol–water partition coefficient (Wildman–Crippen LogP) is 2.28. The zero-order valence-electron chi connectivity index (χ0n) is 8.21. The second-order valence-electron chi connectivity index (χ2n) is 2.90. The molecule has 1 aromatic rings. The number of nitrogens with two attached hydrogens (primary N) is 1. The van der Waals surface area contributed by atoms with Gasteiger partial charge in [-0.3, -0.25) is 0 Å². The van der Waals surface area contributed by atoms with Crippen LogP contribution in [0.3, 0.4) is 0 Å². The largest absolute Gasteiger partial charge is 0.467 e. The van der Waals surface area contributed by atoms with Crippen molar-refractivity contribution in [3.63, 3.8) is 0 Å². The minimum atomic E-state index is -4.49. The molecule has 0 spiro atoms. The maximum Gasteiger partial charge on any atom is 0.422 e. The second kappa shape index (κ2) is 5.21. The SMILES string of the molecule is NC(=O)Nc1cc(Br)cnc1OCC(F)(F)F. The van der Waals surface area contributed by atoms with Gasteiger partial charge in [0.15, 0.2) is 6.61 Å². The first-order chi connectivity index (χ1) is 7.78. The van der Waals surface area contributed by atoms with Crippen LogP contribution in [-0.2, 0) is 0 Å². The summed E-state index contributed by atoms with van der Waals surface area (Å²) >= 11 is 3.04. The first kappa shape index (κ1) is 13.6. The average Bonchev–Trinajstić information content (AvgIpc) is 2.14. The lowest BCUT2D eigenvalue weighted by Crippen LogP contribution is -2.23. The van der Waals surface area contributed by atoms with E-state index in [0.29, 0.717) is 4.47 Å². The van der Waals surface area contributed by atoms with Gasteiger partial charge in [0.25, 0.3) is 0 Å². The van der Waals surface area contributed by atoms with Crippen molar-refractivity contribution in [2.45, 2.75) is 6.18 Å². The molecule has 0 aliphatic carbocycles. The number of nitrogens with zero attached hydrogens (tertiary/aromatic N) is 1. The zero-order valence-corrected chi connectivity index (χ0v) is 9.80. The molecule has 0 bridgehead atoms. The predicted molar refractivity (Wildman–Crippen MR) is 56.7 cm³/mol. The van der Waals surface area contributed by atoms with E-state index in [9.17, 15) is 18.0 Å². The maximum atomic E-state index is 11.9. The van der Waals surface area contributed by atoms with Crippen molar-refractivity contribution in [2.24, 2.45) is 5.73 Å². The number of rotatable bonds is 3. The number of carbonyl (C=O) groups is 1. The number of nitrogens with one attached hydrogen (secondary N) is 1. The van der Waals surface area contributed by atoms with Gasteiger partial charge in [0.05, 0.1) is 0 Å². The number of pyridine rings is 1. The van der Waals surface area contributed by atoms with Crippen LogP contribution < -0.4 is 15.8 Å². The minimum Gasteiger partial charge on any atom is -0.467 e. The van der Waals surface area contributed by atoms with Crippen LogP contribution in [0.4, 0.5) is 23.7 Å². The fourth-order valence-corrected chi connectivity index (χ4v) is 1.25. The van der Waals surface area contributed by atoms with Crippen molar-refractivity contribution in [1.29, 1.82) is 0 Å². The van der Waals surface area contributed by atoms with E-state index in [2.05, 4.69) is 31.0 Å². The van der Waals surface area contributed by atoms with E-state index in [-0.39, 0.29) is 11.6 Å². The topological polar surface area (TPSA) is 77.2 Å². The number of halogens is 4. The van der Waals surface area contributed by atoms with Crippen LogP contribution in [0.15, 0.2) is 16.7 Å². The molecule has 0 saturated carbocycles. The molecule has 3 N–H and O–H groups in total. The summed E-state index contributed by atoms with van der Waals surface area (Å²) < 4.78 is 40.7. The fraction of sp³-hybridized carbons (Fsp3) is 0.250. The Labute approximate surface area is 102 Å². The summed E-state index contributed by atoms with van der Waals surface area (Å²) in [5.74, 6) is -0.357. The van der Waals surface area contributed by atoms with Gasteiger partial charge in [-0.25, -0.2) is 9.78 Å². The molecule has 5 nitrogen and oxygen atoms in total. The Kier molecular flexibility index (Phi) is 4.16. The number of primary amides is 1. The van der Waals surface area contributed by atoms with Gasteiger partial charge < -0.3 is 15.8 Å². The van der Waals surface area contributed by atoms with Gasteiger partial charge in [0.1, 0.15) is 5.69 Å². The Morgan fingerprint density at radius 1 is 1.59 bits per heavy atom. The summed E-state index contributed by atoms with van der Waals surface area (Å²) in [6.45, 7) is -1.50. The molecule has 17 heavy (non-hydrogen) atoms. The van der Waals surface area contributed by atoms with Crippen LogP contribution in [0, 0.1) is 0 Å². The number of alkyl halides is 3. The molecule has 0 aliphatic heterocycles. The third kappa shape index (κ3) is 4.89. The molecular formula is C8H7BrF3N3O2. The van der Waals surface area contributed by atoms with E-state index in [4.69, 9.17) is 5.73 Å². The van der Waals surface area contributed by atoms with Crippen molar-refractivity contribution in [3.8, 4) is 5.88 Å². The molecule has 0 radical (unpaired) electrons. The summed E-state index contributed by atoms with van der Waals surface area (Å²) in [7, 11) is 0. The van der Waals surface area contributed by atoms with Gasteiger partial charge in [0.2, 0.25) is 5.88 Å². The molecule has 2 amide bonds. The van der Waals surface area contributed by atoms with E-state index in [0.717, 1.165) is 0 Å². The van der Waals surface area contributed by atoms with Crippen molar-refractivity contribution < 1.29 is 22.7 Å². The summed E-state index contributed by atoms with van der Waals surface area (Å²) in [4.78, 5) is 14.2. The third-order valence-corrected chi connectivity index (χ3v) is 1.88. The van der Waals surface area contributed by atoms with Crippen LogP contribution >= 0.6 is 15.9 Å². The highest BCUT2D eigenvalue weighted by molar-refractivity contribution is 9.10. The number of ether oxygens (including phenoxy) is 1. The van der Waals surface area contributed by atoms with Crippen molar-refractivity contribution in [1.82, 2.24) is 4.98 Å². The molecule has 0 aromatic carbocycles. The van der Waals surface area contributed by atoms with Crippen LogP contribution in [0.2, 0.25) is 0 Å². The number of anilines is 1. The normalized spacial score (nSPS) is 11.1. The van der Waals surface area contributed by atoms with Crippen LogP contribution in [0.1, 0.15) is 0 Å². The second-order valence-corrected chi connectivity index (χ2v) is 3.82. The Hall–Kier alpha value is -1.51. The van der Waals surface area contributed by atoms with Crippen molar-refractivity contribution in [2.75, 3.05) is 11.9 Å². The summed E-state index contributed by atoms with van der Waals surface area (Å²) in [6, 6.07) is 0.394. The number of hydrogen-bond donors (Lipinski definition) is 2. The Morgan fingerprint density at radius 3 is 2.76 bits per heavy atom. The smallest absolute Gasteiger partial charge is 0.422 e. The van der Waals surface area contributed by atoms with E-state index < -0.39 is 18.8 Å². The van der Waals surface area contributed by atoms with Gasteiger partial charge in [-0.15, -0.1) is 0 Å². The monoisotopic (exact) mass is 313 g/mol. The average molecular weight is 314 g/mol. The summed E-state index contributed by atoms with van der Waals surface area (Å²) in [5.41, 5.74) is 4.81. The Morgan fingerprint density at radius 2 is 2.24 bits per heavy atom. The van der Waals surface area contributed by atoms with Gasteiger partial charge in [-0.05, 0) is 22.0 Å². The summed E-state index contributed by atoms with van der Waals surface area (Å²) in [5, 5.41) is 2.10. The lowest BCUT2D eigenvalue weighted by atomic mass is 10.4. The molecule has 1 heterocycles. The quantitative estimate of drug-likeness (QED) is 0.898. The lowest BCUT2D eigenvalue weighted by molar-refractivity contribution is -0.153. The molecule has 0 atom stereocenters. The van der Waals surface area contributed by atoms with E-state index >= 15 is 0 Å². The number of hydrogen-bond acceptors (Lipinski definition) is 3. The van der Waals surface area contributed by atoms with Crippen molar-refractivity contribution in [3.05, 3.63) is 16.7 Å². The van der Waals surface area contributed by atoms with E-state index in [1.54, 1.807) is 0 Å². The fourth-order valence-electron chi connectivity index (χ4n) is 0.914. The molecule has 1 aromatic heterocycles. The number of amides is 2. The molecule has 0 unspecified atom stereocenters. The highest BCUT2D eigenvalue weighted by Crippen LogP contribution is 2.26. The Bertz CT molecular complexity index is 425. The molecule has 94 valence electrons. The molecule has 0 saturated heterocycles. The maximum absolute atomic E-state index is 11.9. The number of aromatic nitrogens is 1. The first-order valence-electron chi connectivity index (χ1n) is 4.19. The van der Waals surface area contributed by atoms with Crippen LogP contribution in [-0.4, -0.2) is 23.8 Å². The lowest BCUT2D eigenvalue weighted by Gasteiger charge is -2.12. The van der Waals surface area contributed by atoms with Gasteiger partial charge in [-0.1, -0.05) is 0 Å². The molecule has 9 heteroatoms. The summed E-state index contributed by atoms with van der Waals surface area (Å²) in [6.07, 6.45) is -3.25. The molecular weight excluding hydrogens is 307 g/mol. The number of carbonyl (C=O) groups excluding carboxylic acids is 1. The minimum absolute atomic E-state index is 0.0453. The zero-order chi connectivity index (χ0) is 13.1. The molecule has 1 rings (SSSR count). The molecule has 0 fully saturated rings. The third-order valence-electron chi connectivity index (χ3n) is 1.45. The highest BCUT2D eigenvalue weighted by atomic mass is 79.9. The van der Waals surface area contributed by atoms with E-state index in [1.165, 1.54) is 12.3 Å². The van der Waals surface area contributed by atoms with Gasteiger partial charge >= 0.3 is 12.2 Å². The van der Waals surface area contributed by atoms with E-state index in [1.807, 2.05) is 0 Å².